The van der Waals surface area contributed by atoms with Gasteiger partial charge in [-0.3, -0.25) is 0 Å². The van der Waals surface area contributed by atoms with Gasteiger partial charge in [0.15, 0.2) is 0 Å². The van der Waals surface area contributed by atoms with E-state index in [2.05, 4.69) is 14.7 Å². The lowest BCUT2D eigenvalue weighted by atomic mass is 10.1. The van der Waals surface area contributed by atoms with Gasteiger partial charge in [0.25, 0.3) is 0 Å². The van der Waals surface area contributed by atoms with Gasteiger partial charge in [-0.25, -0.2) is 4.79 Å². The van der Waals surface area contributed by atoms with E-state index in [0.717, 1.165) is 0 Å². The molecule has 0 aliphatic heterocycles. The van der Waals surface area contributed by atoms with Crippen molar-refractivity contribution in [3.05, 3.63) is 34.2 Å². The van der Waals surface area contributed by atoms with Crippen molar-refractivity contribution >= 4 is 16.9 Å². The quantitative estimate of drug-likeness (QED) is 0.835. The van der Waals surface area contributed by atoms with Crippen molar-refractivity contribution in [2.75, 3.05) is 12.4 Å². The molecule has 0 fully saturated rings. The number of anilines is 1. The Balaban J connectivity index is 2.82. The fourth-order valence-electron chi connectivity index (χ4n) is 1.42. The highest BCUT2D eigenvalue weighted by Gasteiger charge is 2.34. The van der Waals surface area contributed by atoms with E-state index in [1.165, 1.54) is 12.1 Å². The molecular weight excluding hydrogens is 237 g/mol. The van der Waals surface area contributed by atoms with Crippen LogP contribution < -0.4 is 10.9 Å². The van der Waals surface area contributed by atoms with Crippen LogP contribution in [0.5, 0.6) is 0 Å². The van der Waals surface area contributed by atoms with Gasteiger partial charge in [0.05, 0.1) is 5.56 Å². The van der Waals surface area contributed by atoms with Gasteiger partial charge in [-0.15, -0.1) is 0 Å². The molecule has 0 radical (unpaired) electrons. The first kappa shape index (κ1) is 11.4. The van der Waals surface area contributed by atoms with Crippen LogP contribution in [0, 0.1) is 0 Å². The van der Waals surface area contributed by atoms with Gasteiger partial charge in [0.1, 0.15) is 5.82 Å². The Hall–Kier alpha value is -2.05. The summed E-state index contributed by atoms with van der Waals surface area (Å²) in [4.78, 5) is 14.8. The molecular formula is C10H7F3N2O2. The molecule has 2 aromatic rings. The summed E-state index contributed by atoms with van der Waals surface area (Å²) in [5, 5.41) is 2.40. The standard InChI is InChI=1S/C10H7F3N2O2/c1-14-7-3-2-5-6(10(11,12)13)4-8(16)17-9(5)15-7/h2-4H,1H3,(H,14,15). The van der Waals surface area contributed by atoms with Crippen molar-refractivity contribution in [1.29, 1.82) is 0 Å². The van der Waals surface area contributed by atoms with Crippen LogP contribution >= 0.6 is 0 Å². The van der Waals surface area contributed by atoms with E-state index in [9.17, 15) is 18.0 Å². The van der Waals surface area contributed by atoms with Gasteiger partial charge >= 0.3 is 11.8 Å². The summed E-state index contributed by atoms with van der Waals surface area (Å²) >= 11 is 0. The molecule has 0 aliphatic carbocycles. The minimum Gasteiger partial charge on any atom is -0.404 e. The van der Waals surface area contributed by atoms with Crippen LogP contribution in [0.15, 0.2) is 27.4 Å². The zero-order valence-corrected chi connectivity index (χ0v) is 8.63. The molecule has 4 nitrogen and oxygen atoms in total. The average molecular weight is 244 g/mol. The molecule has 7 heteroatoms. The summed E-state index contributed by atoms with van der Waals surface area (Å²) in [5.74, 6) is 0.319. The molecule has 0 unspecified atom stereocenters. The van der Waals surface area contributed by atoms with Gasteiger partial charge in [0, 0.05) is 18.5 Å². The molecule has 0 bridgehead atoms. The fraction of sp³-hybridized carbons (Fsp3) is 0.200. The second-order valence-corrected chi connectivity index (χ2v) is 3.28. The largest absolute Gasteiger partial charge is 0.417 e. The number of alkyl halides is 3. The van der Waals surface area contributed by atoms with Crippen molar-refractivity contribution in [1.82, 2.24) is 4.98 Å². The predicted octanol–water partition coefficient (Wildman–Crippen LogP) is 2.25. The molecule has 0 atom stereocenters. The van der Waals surface area contributed by atoms with Crippen LogP contribution in [0.2, 0.25) is 0 Å². The van der Waals surface area contributed by atoms with Crippen molar-refractivity contribution in [2.45, 2.75) is 6.18 Å². The maximum absolute atomic E-state index is 12.7. The average Bonchev–Trinajstić information content (AvgIpc) is 2.25. The maximum Gasteiger partial charge on any atom is 0.417 e. The summed E-state index contributed by atoms with van der Waals surface area (Å²) < 4.78 is 42.6. The highest BCUT2D eigenvalue weighted by atomic mass is 19.4. The first-order chi connectivity index (χ1) is 7.91. The first-order valence-electron chi connectivity index (χ1n) is 4.61. The fourth-order valence-corrected chi connectivity index (χ4v) is 1.42. The van der Waals surface area contributed by atoms with Gasteiger partial charge < -0.3 is 9.73 Å². The van der Waals surface area contributed by atoms with Crippen LogP contribution in [0.25, 0.3) is 11.1 Å². The third-order valence-corrected chi connectivity index (χ3v) is 2.17. The SMILES string of the molecule is CNc1ccc2c(C(F)(F)F)cc(=O)oc2n1. The second kappa shape index (κ2) is 3.76. The Morgan fingerprint density at radius 3 is 2.65 bits per heavy atom. The zero-order chi connectivity index (χ0) is 12.6. The van der Waals surface area contributed by atoms with E-state index >= 15 is 0 Å². The molecule has 0 saturated heterocycles. The molecule has 0 spiro atoms. The summed E-state index contributed by atoms with van der Waals surface area (Å²) in [6.45, 7) is 0. The summed E-state index contributed by atoms with van der Waals surface area (Å²) in [6.07, 6.45) is -4.61. The van der Waals surface area contributed by atoms with Crippen molar-refractivity contribution in [3.63, 3.8) is 0 Å². The topological polar surface area (TPSA) is 55.1 Å². The van der Waals surface area contributed by atoms with Gasteiger partial charge in [-0.05, 0) is 12.1 Å². The van der Waals surface area contributed by atoms with Gasteiger partial charge in [-0.1, -0.05) is 0 Å². The molecule has 17 heavy (non-hydrogen) atoms. The molecule has 0 aliphatic rings. The van der Waals surface area contributed by atoms with Crippen LogP contribution in [0.1, 0.15) is 5.56 Å². The number of hydrogen-bond donors (Lipinski definition) is 1. The molecule has 1 N–H and O–H groups in total. The number of pyridine rings is 1. The van der Waals surface area contributed by atoms with Crippen molar-refractivity contribution < 1.29 is 17.6 Å². The Morgan fingerprint density at radius 2 is 2.06 bits per heavy atom. The second-order valence-electron chi connectivity index (χ2n) is 3.28. The number of rotatable bonds is 1. The number of halogens is 3. The smallest absolute Gasteiger partial charge is 0.404 e. The molecule has 2 heterocycles. The minimum absolute atomic E-state index is 0.240. The van der Waals surface area contributed by atoms with Crippen LogP contribution in [-0.4, -0.2) is 12.0 Å². The Labute approximate surface area is 93.1 Å². The molecule has 90 valence electrons. The number of nitrogens with zero attached hydrogens (tertiary/aromatic N) is 1. The first-order valence-corrected chi connectivity index (χ1v) is 4.61. The van der Waals surface area contributed by atoms with E-state index in [-0.39, 0.29) is 11.1 Å². The summed E-state index contributed by atoms with van der Waals surface area (Å²) in [7, 11) is 1.56. The van der Waals surface area contributed by atoms with Crippen molar-refractivity contribution in [2.24, 2.45) is 0 Å². The number of fused-ring (bicyclic) bond motifs is 1. The third-order valence-electron chi connectivity index (χ3n) is 2.17. The molecule has 2 aromatic heterocycles. The molecule has 0 amide bonds. The van der Waals surface area contributed by atoms with E-state index < -0.39 is 17.4 Å². The highest BCUT2D eigenvalue weighted by molar-refractivity contribution is 5.79. The minimum atomic E-state index is -4.61. The Kier molecular flexibility index (Phi) is 2.53. The van der Waals surface area contributed by atoms with E-state index in [1.807, 2.05) is 0 Å². The Morgan fingerprint density at radius 1 is 1.35 bits per heavy atom. The zero-order valence-electron chi connectivity index (χ0n) is 8.63. The van der Waals surface area contributed by atoms with Gasteiger partial charge in [-0.2, -0.15) is 18.2 Å². The number of aromatic nitrogens is 1. The van der Waals surface area contributed by atoms with Crippen LogP contribution in [0.3, 0.4) is 0 Å². The monoisotopic (exact) mass is 244 g/mol. The molecule has 2 rings (SSSR count). The lowest BCUT2D eigenvalue weighted by Crippen LogP contribution is -2.11. The third kappa shape index (κ3) is 2.08. The van der Waals surface area contributed by atoms with E-state index in [1.54, 1.807) is 7.05 Å². The van der Waals surface area contributed by atoms with Crippen molar-refractivity contribution in [3.8, 4) is 0 Å². The molecule has 0 aromatic carbocycles. The Bertz CT molecular complexity index is 619. The van der Waals surface area contributed by atoms with E-state index in [4.69, 9.17) is 0 Å². The van der Waals surface area contributed by atoms with Crippen LogP contribution in [0.4, 0.5) is 19.0 Å². The van der Waals surface area contributed by atoms with Crippen LogP contribution in [-0.2, 0) is 6.18 Å². The van der Waals surface area contributed by atoms with Gasteiger partial charge in [0.2, 0.25) is 5.71 Å². The lowest BCUT2D eigenvalue weighted by molar-refractivity contribution is -0.136. The lowest BCUT2D eigenvalue weighted by Gasteiger charge is -2.08. The van der Waals surface area contributed by atoms with E-state index in [0.29, 0.717) is 11.9 Å². The summed E-state index contributed by atoms with van der Waals surface area (Å²) in [6, 6.07) is 3.00. The normalized spacial score (nSPS) is 11.8. The summed E-state index contributed by atoms with van der Waals surface area (Å²) in [5.41, 5.74) is -2.46. The number of hydrogen-bond acceptors (Lipinski definition) is 4. The predicted molar refractivity (Wildman–Crippen MR) is 54.8 cm³/mol. The highest BCUT2D eigenvalue weighted by Crippen LogP contribution is 2.33. The number of nitrogens with one attached hydrogen (secondary N) is 1. The maximum atomic E-state index is 12.7. The molecule has 0 saturated carbocycles.